The van der Waals surface area contributed by atoms with Gasteiger partial charge < -0.3 is 4.74 Å². The van der Waals surface area contributed by atoms with Crippen molar-refractivity contribution in [3.05, 3.63) is 0 Å². The summed E-state index contributed by atoms with van der Waals surface area (Å²) in [6.45, 7) is 7.75. The first-order chi connectivity index (χ1) is 5.45. The molecule has 0 aliphatic rings. The number of rotatable bonds is 3. The van der Waals surface area contributed by atoms with Crippen molar-refractivity contribution in [2.24, 2.45) is 0 Å². The average Bonchev–Trinajstić information content (AvgIpc) is 1.84. The molecule has 0 unspecified atom stereocenters. The minimum Gasteiger partial charge on any atom is -0.452 e. The third-order valence-corrected chi connectivity index (χ3v) is 1.92. The number of ether oxygens (including phenoxy) is 1. The van der Waals surface area contributed by atoms with E-state index in [1.54, 1.807) is 0 Å². The quantitative estimate of drug-likeness (QED) is 0.503. The van der Waals surface area contributed by atoms with Crippen LogP contribution in [0.15, 0.2) is 0 Å². The molecule has 0 saturated carbocycles. The maximum Gasteiger partial charge on any atom is 0.367 e. The lowest BCUT2D eigenvalue weighted by Gasteiger charge is -2.18. The van der Waals surface area contributed by atoms with Crippen molar-refractivity contribution in [2.45, 2.75) is 46.1 Å². The first-order valence-corrected chi connectivity index (χ1v) is 5.30. The summed E-state index contributed by atoms with van der Waals surface area (Å²) in [5.74, 6) is 0.866. The predicted molar refractivity (Wildman–Crippen MR) is 53.6 cm³/mol. The predicted octanol–water partition coefficient (Wildman–Crippen LogP) is 3.45. The molecule has 0 aromatic heterocycles. The van der Waals surface area contributed by atoms with Gasteiger partial charge in [-0.1, -0.05) is 13.3 Å². The molecule has 0 amide bonds. The largest absolute Gasteiger partial charge is 0.452 e. The molecule has 2 nitrogen and oxygen atoms in total. The minimum absolute atomic E-state index is 0.157. The molecule has 72 valence electrons. The van der Waals surface area contributed by atoms with Gasteiger partial charge in [0.15, 0.2) is 0 Å². The van der Waals surface area contributed by atoms with Crippen LogP contribution >= 0.6 is 11.8 Å². The number of thioether (sulfide) groups is 1. The first kappa shape index (κ1) is 11.8. The van der Waals surface area contributed by atoms with E-state index in [-0.39, 0.29) is 10.9 Å². The van der Waals surface area contributed by atoms with Gasteiger partial charge >= 0.3 is 5.30 Å². The number of hydrogen-bond acceptors (Lipinski definition) is 3. The fourth-order valence-electron chi connectivity index (χ4n) is 0.579. The molecule has 0 spiro atoms. The molecule has 0 heterocycles. The Morgan fingerprint density at radius 1 is 1.42 bits per heavy atom. The SMILES string of the molecule is CCCCSC(=O)OC(C)(C)C. The second-order valence-electron chi connectivity index (χ2n) is 3.67. The van der Waals surface area contributed by atoms with Gasteiger partial charge in [-0.15, -0.1) is 0 Å². The van der Waals surface area contributed by atoms with Gasteiger partial charge in [-0.2, -0.15) is 0 Å². The summed E-state index contributed by atoms with van der Waals surface area (Å²) in [7, 11) is 0. The molecule has 3 heteroatoms. The van der Waals surface area contributed by atoms with Crippen LogP contribution < -0.4 is 0 Å². The maximum atomic E-state index is 11.1. The smallest absolute Gasteiger partial charge is 0.367 e. The standard InChI is InChI=1S/C9H18O2S/c1-5-6-7-12-8(10)11-9(2,3)4/h5-7H2,1-4H3. The number of carbonyl (C=O) groups is 1. The van der Waals surface area contributed by atoms with Crippen molar-refractivity contribution in [1.82, 2.24) is 0 Å². The molecular formula is C9H18O2S. The van der Waals surface area contributed by atoms with Crippen LogP contribution in [0.4, 0.5) is 4.79 Å². The summed E-state index contributed by atoms with van der Waals surface area (Å²) in [6.07, 6.45) is 2.19. The Labute approximate surface area is 79.1 Å². The van der Waals surface area contributed by atoms with Gasteiger partial charge in [-0.25, -0.2) is 4.79 Å². The highest BCUT2D eigenvalue weighted by Gasteiger charge is 2.15. The van der Waals surface area contributed by atoms with E-state index in [9.17, 15) is 4.79 Å². The van der Waals surface area contributed by atoms with Gasteiger partial charge in [0.05, 0.1) is 0 Å². The Hall–Kier alpha value is -0.180. The second-order valence-corrected chi connectivity index (χ2v) is 4.70. The Morgan fingerprint density at radius 3 is 2.42 bits per heavy atom. The maximum absolute atomic E-state index is 11.1. The number of hydrogen-bond donors (Lipinski definition) is 0. The third-order valence-electron chi connectivity index (χ3n) is 1.11. The van der Waals surface area contributed by atoms with E-state index in [0.29, 0.717) is 0 Å². The van der Waals surface area contributed by atoms with Crippen molar-refractivity contribution in [2.75, 3.05) is 5.75 Å². The van der Waals surface area contributed by atoms with E-state index in [2.05, 4.69) is 6.92 Å². The Morgan fingerprint density at radius 2 is 2.00 bits per heavy atom. The lowest BCUT2D eigenvalue weighted by molar-refractivity contribution is 0.0738. The number of unbranched alkanes of at least 4 members (excludes halogenated alkanes) is 1. The zero-order valence-corrected chi connectivity index (χ0v) is 9.16. The van der Waals surface area contributed by atoms with Crippen molar-refractivity contribution >= 4 is 17.1 Å². The summed E-state index contributed by atoms with van der Waals surface area (Å²) >= 11 is 1.27. The molecule has 0 radical (unpaired) electrons. The molecule has 0 rings (SSSR count). The van der Waals surface area contributed by atoms with Gasteiger partial charge in [-0.05, 0) is 39.0 Å². The van der Waals surface area contributed by atoms with Crippen LogP contribution in [0.2, 0.25) is 0 Å². The summed E-state index contributed by atoms with van der Waals surface area (Å²) in [5.41, 5.74) is -0.351. The van der Waals surface area contributed by atoms with E-state index in [4.69, 9.17) is 4.74 Å². The molecule has 0 aromatic rings. The van der Waals surface area contributed by atoms with Crippen molar-refractivity contribution in [1.29, 1.82) is 0 Å². The van der Waals surface area contributed by atoms with Gasteiger partial charge in [0, 0.05) is 5.75 Å². The molecule has 0 aliphatic carbocycles. The van der Waals surface area contributed by atoms with Crippen LogP contribution in [0.25, 0.3) is 0 Å². The monoisotopic (exact) mass is 190 g/mol. The molecule has 0 saturated heterocycles. The van der Waals surface area contributed by atoms with Crippen molar-refractivity contribution in [3.63, 3.8) is 0 Å². The highest BCUT2D eigenvalue weighted by Crippen LogP contribution is 2.15. The summed E-state index contributed by atoms with van der Waals surface area (Å²) in [5, 5.41) is -0.157. The normalized spacial score (nSPS) is 11.3. The highest BCUT2D eigenvalue weighted by molar-refractivity contribution is 8.13. The van der Waals surface area contributed by atoms with Crippen LogP contribution in [0.1, 0.15) is 40.5 Å². The van der Waals surface area contributed by atoms with E-state index < -0.39 is 0 Å². The topological polar surface area (TPSA) is 26.3 Å². The number of carbonyl (C=O) groups excluding carboxylic acids is 1. The Kier molecular flexibility index (Phi) is 5.38. The molecule has 0 aromatic carbocycles. The van der Waals surface area contributed by atoms with Gasteiger partial charge in [0.2, 0.25) is 0 Å². The molecule has 0 aliphatic heterocycles. The Bertz CT molecular complexity index is 138. The molecule has 0 N–H and O–H groups in total. The van der Waals surface area contributed by atoms with E-state index in [1.807, 2.05) is 20.8 Å². The second kappa shape index (κ2) is 5.46. The van der Waals surface area contributed by atoms with Gasteiger partial charge in [-0.3, -0.25) is 0 Å². The highest BCUT2D eigenvalue weighted by atomic mass is 32.2. The molecule has 12 heavy (non-hydrogen) atoms. The van der Waals surface area contributed by atoms with Crippen LogP contribution in [-0.2, 0) is 4.74 Å². The Balaban J connectivity index is 3.47. The van der Waals surface area contributed by atoms with Crippen molar-refractivity contribution < 1.29 is 9.53 Å². The average molecular weight is 190 g/mol. The van der Waals surface area contributed by atoms with Crippen LogP contribution in [-0.4, -0.2) is 16.7 Å². The van der Waals surface area contributed by atoms with Crippen LogP contribution in [0, 0.1) is 0 Å². The van der Waals surface area contributed by atoms with E-state index in [0.717, 1.165) is 18.6 Å². The molecule has 0 atom stereocenters. The lowest BCUT2D eigenvalue weighted by atomic mass is 10.2. The fraction of sp³-hybridized carbons (Fsp3) is 0.889. The third kappa shape index (κ3) is 7.92. The zero-order chi connectivity index (χ0) is 9.61. The molecule has 0 bridgehead atoms. The van der Waals surface area contributed by atoms with E-state index in [1.165, 1.54) is 11.8 Å². The van der Waals surface area contributed by atoms with Gasteiger partial charge in [0.25, 0.3) is 0 Å². The first-order valence-electron chi connectivity index (χ1n) is 4.31. The molecular weight excluding hydrogens is 172 g/mol. The minimum atomic E-state index is -0.351. The zero-order valence-electron chi connectivity index (χ0n) is 8.35. The van der Waals surface area contributed by atoms with Crippen molar-refractivity contribution in [3.8, 4) is 0 Å². The molecule has 0 fully saturated rings. The van der Waals surface area contributed by atoms with Crippen LogP contribution in [0.3, 0.4) is 0 Å². The lowest BCUT2D eigenvalue weighted by Crippen LogP contribution is -2.21. The van der Waals surface area contributed by atoms with E-state index >= 15 is 0 Å². The summed E-state index contributed by atoms with van der Waals surface area (Å²) in [4.78, 5) is 11.1. The fourth-order valence-corrected chi connectivity index (χ4v) is 1.49. The van der Waals surface area contributed by atoms with Crippen LogP contribution in [0.5, 0.6) is 0 Å². The summed E-state index contributed by atoms with van der Waals surface area (Å²) in [6, 6.07) is 0. The van der Waals surface area contributed by atoms with Gasteiger partial charge in [0.1, 0.15) is 5.60 Å². The summed E-state index contributed by atoms with van der Waals surface area (Å²) < 4.78 is 5.11.